The molecule has 1 saturated carbocycles. The zero-order valence-corrected chi connectivity index (χ0v) is 12.4. The molecule has 114 valence electrons. The van der Waals surface area contributed by atoms with Gasteiger partial charge in [-0.15, -0.1) is 0 Å². The first-order chi connectivity index (χ1) is 10.3. The molecular formula is C17H24N2O2. The molecule has 1 aromatic carbocycles. The molecule has 3 unspecified atom stereocenters. The Hall–Kier alpha value is -1.39. The third kappa shape index (κ3) is 3.83. The summed E-state index contributed by atoms with van der Waals surface area (Å²) >= 11 is 0. The molecule has 1 heterocycles. The van der Waals surface area contributed by atoms with Crippen molar-refractivity contribution < 1.29 is 9.53 Å². The van der Waals surface area contributed by atoms with Crippen LogP contribution in [0.2, 0.25) is 0 Å². The van der Waals surface area contributed by atoms with Crippen LogP contribution >= 0.6 is 0 Å². The third-order valence-corrected chi connectivity index (χ3v) is 4.52. The van der Waals surface area contributed by atoms with Crippen LogP contribution in [0.5, 0.6) is 0 Å². The Bertz CT molecular complexity index is 457. The molecule has 0 aromatic heterocycles. The lowest BCUT2D eigenvalue weighted by molar-refractivity contribution is -0.123. The minimum absolute atomic E-state index is 0.144. The second-order valence-electron chi connectivity index (χ2n) is 6.05. The molecule has 4 nitrogen and oxygen atoms in total. The Morgan fingerprint density at radius 1 is 1.29 bits per heavy atom. The number of morpholine rings is 1. The molecule has 0 radical (unpaired) electrons. The highest BCUT2D eigenvalue weighted by molar-refractivity contribution is 5.77. The van der Waals surface area contributed by atoms with E-state index in [9.17, 15) is 4.79 Å². The maximum absolute atomic E-state index is 12.2. The van der Waals surface area contributed by atoms with E-state index in [1.54, 1.807) is 0 Å². The maximum Gasteiger partial charge on any atom is 0.221 e. The van der Waals surface area contributed by atoms with E-state index >= 15 is 0 Å². The molecule has 4 heteroatoms. The average molecular weight is 288 g/mol. The Kier molecular flexibility index (Phi) is 4.88. The first-order valence-corrected chi connectivity index (χ1v) is 7.98. The SMILES string of the molecule is O=C(CC1COCCN1)NC1CCCC1c1ccccc1. The summed E-state index contributed by atoms with van der Waals surface area (Å²) in [5.74, 6) is 0.608. The fourth-order valence-electron chi connectivity index (χ4n) is 3.47. The van der Waals surface area contributed by atoms with Gasteiger partial charge >= 0.3 is 0 Å². The van der Waals surface area contributed by atoms with Crippen LogP contribution in [0.1, 0.15) is 37.2 Å². The summed E-state index contributed by atoms with van der Waals surface area (Å²) in [6, 6.07) is 11.0. The van der Waals surface area contributed by atoms with Crippen molar-refractivity contribution in [2.75, 3.05) is 19.8 Å². The Labute approximate surface area is 126 Å². The summed E-state index contributed by atoms with van der Waals surface area (Å²) in [5.41, 5.74) is 1.35. The number of nitrogens with one attached hydrogen (secondary N) is 2. The number of ether oxygens (including phenoxy) is 1. The lowest BCUT2D eigenvalue weighted by atomic mass is 9.94. The highest BCUT2D eigenvalue weighted by atomic mass is 16.5. The van der Waals surface area contributed by atoms with Crippen LogP contribution in [0.4, 0.5) is 0 Å². The second-order valence-corrected chi connectivity index (χ2v) is 6.05. The van der Waals surface area contributed by atoms with Crippen molar-refractivity contribution in [2.45, 2.75) is 43.7 Å². The van der Waals surface area contributed by atoms with Crippen LogP contribution in [0.25, 0.3) is 0 Å². The Balaban J connectivity index is 1.54. The van der Waals surface area contributed by atoms with Gasteiger partial charge in [0.2, 0.25) is 5.91 Å². The van der Waals surface area contributed by atoms with Crippen molar-refractivity contribution in [1.82, 2.24) is 10.6 Å². The fraction of sp³-hybridized carbons (Fsp3) is 0.588. The number of carbonyl (C=O) groups is 1. The van der Waals surface area contributed by atoms with Gasteiger partial charge in [-0.2, -0.15) is 0 Å². The Morgan fingerprint density at radius 3 is 2.90 bits per heavy atom. The van der Waals surface area contributed by atoms with Crippen molar-refractivity contribution in [3.63, 3.8) is 0 Å². The number of amides is 1. The monoisotopic (exact) mass is 288 g/mol. The van der Waals surface area contributed by atoms with Gasteiger partial charge in [0.05, 0.1) is 13.2 Å². The highest BCUT2D eigenvalue weighted by Gasteiger charge is 2.30. The van der Waals surface area contributed by atoms with Crippen LogP contribution in [-0.2, 0) is 9.53 Å². The van der Waals surface area contributed by atoms with Gasteiger partial charge in [-0.3, -0.25) is 4.79 Å². The number of hydrogen-bond acceptors (Lipinski definition) is 3. The van der Waals surface area contributed by atoms with E-state index in [2.05, 4.69) is 34.9 Å². The molecule has 3 rings (SSSR count). The van der Waals surface area contributed by atoms with Crippen molar-refractivity contribution >= 4 is 5.91 Å². The van der Waals surface area contributed by atoms with Crippen LogP contribution in [0, 0.1) is 0 Å². The van der Waals surface area contributed by atoms with Gasteiger partial charge in [-0.25, -0.2) is 0 Å². The van der Waals surface area contributed by atoms with E-state index in [1.807, 2.05) is 6.07 Å². The van der Waals surface area contributed by atoms with Gasteiger partial charge in [0.15, 0.2) is 0 Å². The predicted molar refractivity (Wildman–Crippen MR) is 82.2 cm³/mol. The van der Waals surface area contributed by atoms with Gasteiger partial charge in [0.25, 0.3) is 0 Å². The smallest absolute Gasteiger partial charge is 0.221 e. The lowest BCUT2D eigenvalue weighted by Gasteiger charge is -2.25. The van der Waals surface area contributed by atoms with Crippen LogP contribution in [0.15, 0.2) is 30.3 Å². The van der Waals surface area contributed by atoms with E-state index in [-0.39, 0.29) is 18.0 Å². The quantitative estimate of drug-likeness (QED) is 0.888. The van der Waals surface area contributed by atoms with Crippen molar-refractivity contribution in [3.8, 4) is 0 Å². The molecule has 1 saturated heterocycles. The molecular weight excluding hydrogens is 264 g/mol. The molecule has 0 bridgehead atoms. The summed E-state index contributed by atoms with van der Waals surface area (Å²) in [7, 11) is 0. The normalized spacial score (nSPS) is 29.2. The third-order valence-electron chi connectivity index (χ3n) is 4.52. The van der Waals surface area contributed by atoms with Crippen LogP contribution in [-0.4, -0.2) is 37.7 Å². The molecule has 3 atom stereocenters. The summed E-state index contributed by atoms with van der Waals surface area (Å²) < 4.78 is 5.40. The molecule has 1 amide bonds. The number of rotatable bonds is 4. The molecule has 2 N–H and O–H groups in total. The van der Waals surface area contributed by atoms with Gasteiger partial charge < -0.3 is 15.4 Å². The van der Waals surface area contributed by atoms with Gasteiger partial charge in [0, 0.05) is 31.0 Å². The first-order valence-electron chi connectivity index (χ1n) is 7.98. The fourth-order valence-corrected chi connectivity index (χ4v) is 3.47. The van der Waals surface area contributed by atoms with E-state index in [0.717, 1.165) is 19.6 Å². The summed E-state index contributed by atoms with van der Waals surface area (Å²) in [6.07, 6.45) is 3.95. The minimum Gasteiger partial charge on any atom is -0.378 e. The molecule has 2 aliphatic rings. The molecule has 0 spiro atoms. The molecule has 1 aliphatic carbocycles. The minimum atomic E-state index is 0.144. The molecule has 2 fully saturated rings. The summed E-state index contributed by atoms with van der Waals surface area (Å²) in [5, 5.41) is 6.57. The highest BCUT2D eigenvalue weighted by Crippen LogP contribution is 2.34. The summed E-state index contributed by atoms with van der Waals surface area (Å²) in [6.45, 7) is 2.23. The van der Waals surface area contributed by atoms with E-state index in [1.165, 1.54) is 18.4 Å². The lowest BCUT2D eigenvalue weighted by Crippen LogP contribution is -2.46. The number of benzene rings is 1. The van der Waals surface area contributed by atoms with Gasteiger partial charge in [0.1, 0.15) is 0 Å². The first kappa shape index (κ1) is 14.5. The van der Waals surface area contributed by atoms with Crippen molar-refractivity contribution in [2.24, 2.45) is 0 Å². The average Bonchev–Trinajstić information content (AvgIpc) is 2.97. The number of carbonyl (C=O) groups excluding carboxylic acids is 1. The maximum atomic E-state index is 12.2. The zero-order chi connectivity index (χ0) is 14.5. The topological polar surface area (TPSA) is 50.4 Å². The van der Waals surface area contributed by atoms with Crippen molar-refractivity contribution in [1.29, 1.82) is 0 Å². The van der Waals surface area contributed by atoms with E-state index < -0.39 is 0 Å². The van der Waals surface area contributed by atoms with Gasteiger partial charge in [-0.1, -0.05) is 36.8 Å². The standard InChI is InChI=1S/C17H24N2O2/c20-17(11-14-12-21-10-9-18-14)19-16-8-4-7-15(16)13-5-2-1-3-6-13/h1-3,5-6,14-16,18H,4,7-12H2,(H,19,20). The van der Waals surface area contributed by atoms with Crippen LogP contribution < -0.4 is 10.6 Å². The molecule has 21 heavy (non-hydrogen) atoms. The van der Waals surface area contributed by atoms with E-state index in [0.29, 0.717) is 18.9 Å². The van der Waals surface area contributed by atoms with Crippen molar-refractivity contribution in [3.05, 3.63) is 35.9 Å². The second kappa shape index (κ2) is 7.05. The largest absolute Gasteiger partial charge is 0.378 e. The van der Waals surface area contributed by atoms with Gasteiger partial charge in [-0.05, 0) is 18.4 Å². The summed E-state index contributed by atoms with van der Waals surface area (Å²) in [4.78, 5) is 12.2. The predicted octanol–water partition coefficient (Wildman–Crippen LogP) is 1.82. The zero-order valence-electron chi connectivity index (χ0n) is 12.4. The Morgan fingerprint density at radius 2 is 2.14 bits per heavy atom. The molecule has 1 aliphatic heterocycles. The van der Waals surface area contributed by atoms with Crippen LogP contribution in [0.3, 0.4) is 0 Å². The van der Waals surface area contributed by atoms with E-state index in [4.69, 9.17) is 4.74 Å². The number of hydrogen-bond donors (Lipinski definition) is 2. The molecule has 1 aromatic rings.